The molecular weight excluding hydrogens is 228 g/mol. The number of thiophene rings is 1. The van der Waals surface area contributed by atoms with Crippen molar-refractivity contribution in [3.63, 3.8) is 0 Å². The minimum Gasteiger partial charge on any atom is -0.316 e. The summed E-state index contributed by atoms with van der Waals surface area (Å²) in [6.07, 6.45) is 3.98. The predicted octanol–water partition coefficient (Wildman–Crippen LogP) is 2.50. The molecule has 0 bridgehead atoms. The molecule has 1 unspecified atom stereocenters. The maximum absolute atomic E-state index is 3.55. The van der Waals surface area contributed by atoms with Crippen LogP contribution >= 0.6 is 11.3 Å². The Hall–Kier alpha value is -0.380. The third kappa shape index (κ3) is 2.56. The molecule has 2 aliphatic heterocycles. The van der Waals surface area contributed by atoms with Gasteiger partial charge in [-0.15, -0.1) is 11.3 Å². The molecule has 0 saturated carbocycles. The molecule has 0 aliphatic carbocycles. The molecule has 1 aromatic heterocycles. The quantitative estimate of drug-likeness (QED) is 0.867. The highest BCUT2D eigenvalue weighted by Crippen LogP contribution is 2.30. The molecule has 1 atom stereocenters. The highest BCUT2D eigenvalue weighted by atomic mass is 32.1. The SMILES string of the molecule is CC1(CN2CCc3sccc3C2)CCCNC1. The van der Waals surface area contributed by atoms with Gasteiger partial charge in [-0.2, -0.15) is 0 Å². The first-order valence-electron chi connectivity index (χ1n) is 6.74. The second-order valence-electron chi connectivity index (χ2n) is 5.92. The fourth-order valence-electron chi connectivity index (χ4n) is 3.24. The summed E-state index contributed by atoms with van der Waals surface area (Å²) in [5.74, 6) is 0. The zero-order chi connectivity index (χ0) is 11.7. The van der Waals surface area contributed by atoms with Crippen molar-refractivity contribution in [1.82, 2.24) is 10.2 Å². The number of nitrogens with one attached hydrogen (secondary N) is 1. The molecule has 1 N–H and O–H groups in total. The Balaban J connectivity index is 1.63. The molecule has 2 nitrogen and oxygen atoms in total. The first kappa shape index (κ1) is 11.7. The van der Waals surface area contributed by atoms with Crippen LogP contribution in [0.15, 0.2) is 11.4 Å². The Kier molecular flexibility index (Phi) is 3.24. The fraction of sp³-hybridized carbons (Fsp3) is 0.714. The van der Waals surface area contributed by atoms with Gasteiger partial charge in [-0.1, -0.05) is 6.92 Å². The average molecular weight is 250 g/mol. The number of nitrogens with zero attached hydrogens (tertiary/aromatic N) is 1. The van der Waals surface area contributed by atoms with Crippen LogP contribution in [0.1, 0.15) is 30.2 Å². The molecule has 3 rings (SSSR count). The largest absolute Gasteiger partial charge is 0.316 e. The van der Waals surface area contributed by atoms with Gasteiger partial charge >= 0.3 is 0 Å². The van der Waals surface area contributed by atoms with Gasteiger partial charge in [-0.25, -0.2) is 0 Å². The van der Waals surface area contributed by atoms with Crippen LogP contribution in [0.5, 0.6) is 0 Å². The number of hydrogen-bond acceptors (Lipinski definition) is 3. The van der Waals surface area contributed by atoms with E-state index in [0.29, 0.717) is 5.41 Å². The van der Waals surface area contributed by atoms with Crippen molar-refractivity contribution < 1.29 is 0 Å². The molecular formula is C14H22N2S. The lowest BCUT2D eigenvalue weighted by Crippen LogP contribution is -2.46. The van der Waals surface area contributed by atoms with Gasteiger partial charge in [0.15, 0.2) is 0 Å². The zero-order valence-electron chi connectivity index (χ0n) is 10.7. The van der Waals surface area contributed by atoms with Crippen molar-refractivity contribution >= 4 is 11.3 Å². The monoisotopic (exact) mass is 250 g/mol. The summed E-state index contributed by atoms with van der Waals surface area (Å²) in [6, 6.07) is 2.31. The standard InChI is InChI=1S/C14H22N2S/c1-14(5-2-6-15-10-14)11-16-7-3-13-12(9-16)4-8-17-13/h4,8,15H,2-3,5-7,9-11H2,1H3. The summed E-state index contributed by atoms with van der Waals surface area (Å²) in [6.45, 7) is 8.54. The Morgan fingerprint density at radius 3 is 3.29 bits per heavy atom. The van der Waals surface area contributed by atoms with E-state index in [9.17, 15) is 0 Å². The normalized spacial score (nSPS) is 30.2. The molecule has 1 aromatic rings. The van der Waals surface area contributed by atoms with E-state index in [1.54, 1.807) is 10.4 Å². The Morgan fingerprint density at radius 1 is 1.53 bits per heavy atom. The van der Waals surface area contributed by atoms with E-state index in [1.807, 2.05) is 11.3 Å². The lowest BCUT2D eigenvalue weighted by atomic mass is 9.82. The second-order valence-corrected chi connectivity index (χ2v) is 6.92. The van der Waals surface area contributed by atoms with E-state index in [1.165, 1.54) is 52.0 Å². The lowest BCUT2D eigenvalue weighted by Gasteiger charge is -2.40. The van der Waals surface area contributed by atoms with E-state index in [0.717, 1.165) is 0 Å². The molecule has 0 aromatic carbocycles. The average Bonchev–Trinajstić information content (AvgIpc) is 2.76. The second kappa shape index (κ2) is 4.71. The molecule has 3 heteroatoms. The molecule has 1 fully saturated rings. The third-order valence-electron chi connectivity index (χ3n) is 4.18. The summed E-state index contributed by atoms with van der Waals surface area (Å²) in [5, 5.41) is 5.80. The van der Waals surface area contributed by atoms with Gasteiger partial charge in [-0.05, 0) is 48.2 Å². The van der Waals surface area contributed by atoms with Crippen molar-refractivity contribution in [2.24, 2.45) is 5.41 Å². The first-order valence-corrected chi connectivity index (χ1v) is 7.62. The van der Waals surface area contributed by atoms with Gasteiger partial charge in [0.05, 0.1) is 0 Å². The summed E-state index contributed by atoms with van der Waals surface area (Å²) in [7, 11) is 0. The zero-order valence-corrected chi connectivity index (χ0v) is 11.5. The molecule has 0 spiro atoms. The van der Waals surface area contributed by atoms with Crippen LogP contribution in [0, 0.1) is 5.41 Å². The summed E-state index contributed by atoms with van der Waals surface area (Å²) < 4.78 is 0. The van der Waals surface area contributed by atoms with Gasteiger partial charge in [0.1, 0.15) is 0 Å². The Bertz CT molecular complexity index is 379. The van der Waals surface area contributed by atoms with Crippen LogP contribution in [0.4, 0.5) is 0 Å². The molecule has 17 heavy (non-hydrogen) atoms. The van der Waals surface area contributed by atoms with Crippen LogP contribution in [0.3, 0.4) is 0 Å². The number of fused-ring (bicyclic) bond motifs is 1. The van der Waals surface area contributed by atoms with E-state index in [-0.39, 0.29) is 0 Å². The maximum Gasteiger partial charge on any atom is 0.0245 e. The molecule has 3 heterocycles. The minimum absolute atomic E-state index is 0.492. The number of piperidine rings is 1. The fourth-order valence-corrected chi connectivity index (χ4v) is 4.13. The third-order valence-corrected chi connectivity index (χ3v) is 5.20. The van der Waals surface area contributed by atoms with Crippen LogP contribution in [0.25, 0.3) is 0 Å². The molecule has 2 aliphatic rings. The summed E-state index contributed by atoms with van der Waals surface area (Å²) >= 11 is 1.93. The van der Waals surface area contributed by atoms with Crippen LogP contribution in [0.2, 0.25) is 0 Å². The summed E-state index contributed by atoms with van der Waals surface area (Å²) in [4.78, 5) is 4.27. The van der Waals surface area contributed by atoms with Crippen molar-refractivity contribution in [3.05, 3.63) is 21.9 Å². The van der Waals surface area contributed by atoms with Gasteiger partial charge in [-0.3, -0.25) is 4.90 Å². The van der Waals surface area contributed by atoms with Crippen LogP contribution < -0.4 is 5.32 Å². The topological polar surface area (TPSA) is 15.3 Å². The predicted molar refractivity (Wildman–Crippen MR) is 73.5 cm³/mol. The van der Waals surface area contributed by atoms with Crippen molar-refractivity contribution in [2.45, 2.75) is 32.7 Å². The Morgan fingerprint density at radius 2 is 2.47 bits per heavy atom. The van der Waals surface area contributed by atoms with Crippen LogP contribution in [-0.2, 0) is 13.0 Å². The van der Waals surface area contributed by atoms with E-state index in [2.05, 4.69) is 28.6 Å². The minimum atomic E-state index is 0.492. The lowest BCUT2D eigenvalue weighted by molar-refractivity contribution is 0.124. The molecule has 94 valence electrons. The van der Waals surface area contributed by atoms with Crippen LogP contribution in [-0.4, -0.2) is 31.1 Å². The van der Waals surface area contributed by atoms with E-state index >= 15 is 0 Å². The van der Waals surface area contributed by atoms with Crippen molar-refractivity contribution in [2.75, 3.05) is 26.2 Å². The van der Waals surface area contributed by atoms with Crippen molar-refractivity contribution in [1.29, 1.82) is 0 Å². The maximum atomic E-state index is 3.55. The molecule has 0 radical (unpaired) electrons. The summed E-state index contributed by atoms with van der Waals surface area (Å²) in [5.41, 5.74) is 2.07. The number of rotatable bonds is 2. The van der Waals surface area contributed by atoms with Crippen molar-refractivity contribution in [3.8, 4) is 0 Å². The van der Waals surface area contributed by atoms with E-state index in [4.69, 9.17) is 0 Å². The first-order chi connectivity index (χ1) is 8.25. The smallest absolute Gasteiger partial charge is 0.0245 e. The highest BCUT2D eigenvalue weighted by Gasteiger charge is 2.30. The Labute approximate surface area is 108 Å². The highest BCUT2D eigenvalue weighted by molar-refractivity contribution is 7.10. The molecule has 0 amide bonds. The van der Waals surface area contributed by atoms with Gasteiger partial charge in [0.2, 0.25) is 0 Å². The van der Waals surface area contributed by atoms with E-state index < -0.39 is 0 Å². The molecule has 1 saturated heterocycles. The number of hydrogen-bond donors (Lipinski definition) is 1. The van der Waals surface area contributed by atoms with Gasteiger partial charge in [0.25, 0.3) is 0 Å². The van der Waals surface area contributed by atoms with Gasteiger partial charge < -0.3 is 5.32 Å². The van der Waals surface area contributed by atoms with Gasteiger partial charge in [0, 0.05) is 31.1 Å².